The van der Waals surface area contributed by atoms with Crippen LogP contribution in [0.5, 0.6) is 11.5 Å². The van der Waals surface area contributed by atoms with Crippen LogP contribution in [0, 0.1) is 0 Å². The molecule has 4 aromatic rings. The first kappa shape index (κ1) is 24.9. The lowest BCUT2D eigenvalue weighted by Gasteiger charge is -2.06. The molecule has 6 nitrogen and oxygen atoms in total. The lowest BCUT2D eigenvalue weighted by atomic mass is 10.2. The smallest absolute Gasteiger partial charge is 0.291 e. The standard InChI is InChI=1S/C28H33N3O3S/c1-3-5-7-9-19-34-24-16-12-22(13-17-24)26-29-28-31(30-26)27(32)25(35-28)20-21-10-14-23(15-11-21)33-18-8-6-4-2/h10-17,20H,3-9,18-19H2,1-2H3. The molecule has 2 heterocycles. The molecule has 0 fully saturated rings. The Morgan fingerprint density at radius 3 is 2.06 bits per heavy atom. The summed E-state index contributed by atoms with van der Waals surface area (Å²) < 4.78 is 13.6. The zero-order chi connectivity index (χ0) is 24.5. The van der Waals surface area contributed by atoms with Gasteiger partial charge in [-0.15, -0.1) is 5.10 Å². The largest absolute Gasteiger partial charge is 0.494 e. The highest BCUT2D eigenvalue weighted by molar-refractivity contribution is 7.15. The fraction of sp³-hybridized carbons (Fsp3) is 0.393. The molecule has 0 amide bonds. The summed E-state index contributed by atoms with van der Waals surface area (Å²) in [5.41, 5.74) is 1.65. The first-order valence-corrected chi connectivity index (χ1v) is 13.4. The molecule has 0 bridgehead atoms. The molecule has 0 spiro atoms. The summed E-state index contributed by atoms with van der Waals surface area (Å²) >= 11 is 1.34. The molecule has 0 aliphatic rings. The Kier molecular flexibility index (Phi) is 8.90. The lowest BCUT2D eigenvalue weighted by Crippen LogP contribution is -2.23. The van der Waals surface area contributed by atoms with Crippen LogP contribution in [0.15, 0.2) is 53.3 Å². The second kappa shape index (κ2) is 12.5. The molecule has 4 rings (SSSR count). The molecule has 0 N–H and O–H groups in total. The van der Waals surface area contributed by atoms with E-state index in [1.54, 1.807) is 0 Å². The van der Waals surface area contributed by atoms with Crippen LogP contribution in [-0.2, 0) is 0 Å². The minimum Gasteiger partial charge on any atom is -0.494 e. The Morgan fingerprint density at radius 2 is 1.43 bits per heavy atom. The van der Waals surface area contributed by atoms with Gasteiger partial charge >= 0.3 is 0 Å². The zero-order valence-electron chi connectivity index (χ0n) is 20.5. The number of rotatable bonds is 13. The number of fused-ring (bicyclic) bond motifs is 1. The molecule has 7 heteroatoms. The third-order valence-corrected chi connectivity index (χ3v) is 6.71. The van der Waals surface area contributed by atoms with Crippen LogP contribution in [0.25, 0.3) is 22.4 Å². The predicted molar refractivity (Wildman–Crippen MR) is 142 cm³/mol. The minimum atomic E-state index is -0.157. The molecular weight excluding hydrogens is 458 g/mol. The van der Waals surface area contributed by atoms with Crippen LogP contribution in [0.3, 0.4) is 0 Å². The molecule has 184 valence electrons. The molecule has 0 saturated carbocycles. The van der Waals surface area contributed by atoms with E-state index in [2.05, 4.69) is 23.9 Å². The van der Waals surface area contributed by atoms with Crippen molar-refractivity contribution in [2.24, 2.45) is 0 Å². The number of thiazole rings is 1. The predicted octanol–water partition coefficient (Wildman–Crippen LogP) is 5.89. The zero-order valence-corrected chi connectivity index (χ0v) is 21.4. The van der Waals surface area contributed by atoms with Gasteiger partial charge in [0.1, 0.15) is 11.5 Å². The van der Waals surface area contributed by atoms with E-state index >= 15 is 0 Å². The van der Waals surface area contributed by atoms with Crippen molar-refractivity contribution in [2.75, 3.05) is 13.2 Å². The van der Waals surface area contributed by atoms with Crippen molar-refractivity contribution < 1.29 is 9.47 Å². The van der Waals surface area contributed by atoms with Crippen molar-refractivity contribution in [3.05, 3.63) is 69.0 Å². The minimum absolute atomic E-state index is 0.157. The van der Waals surface area contributed by atoms with Gasteiger partial charge in [0.25, 0.3) is 5.56 Å². The van der Waals surface area contributed by atoms with Crippen molar-refractivity contribution in [2.45, 2.75) is 58.8 Å². The molecule has 0 aliphatic carbocycles. The maximum Gasteiger partial charge on any atom is 0.291 e. The van der Waals surface area contributed by atoms with Gasteiger partial charge in [0.05, 0.1) is 17.7 Å². The van der Waals surface area contributed by atoms with E-state index < -0.39 is 0 Å². The van der Waals surface area contributed by atoms with E-state index in [0.29, 0.717) is 15.3 Å². The summed E-state index contributed by atoms with van der Waals surface area (Å²) in [6.45, 7) is 5.83. The maximum atomic E-state index is 12.9. The Hall–Kier alpha value is -3.19. The molecule has 2 aromatic heterocycles. The normalized spacial score (nSPS) is 11.9. The number of nitrogens with zero attached hydrogens (tertiary/aromatic N) is 3. The van der Waals surface area contributed by atoms with Crippen molar-refractivity contribution in [1.82, 2.24) is 14.6 Å². The third kappa shape index (κ3) is 6.69. The quantitative estimate of drug-likeness (QED) is 0.218. The first-order valence-electron chi connectivity index (χ1n) is 12.6. The van der Waals surface area contributed by atoms with Gasteiger partial charge in [-0.3, -0.25) is 4.79 Å². The Morgan fingerprint density at radius 1 is 0.829 bits per heavy atom. The van der Waals surface area contributed by atoms with Crippen LogP contribution in [-0.4, -0.2) is 27.8 Å². The summed E-state index contributed by atoms with van der Waals surface area (Å²) in [4.78, 5) is 18.1. The Bertz CT molecular complexity index is 1310. The van der Waals surface area contributed by atoms with E-state index in [1.807, 2.05) is 54.6 Å². The van der Waals surface area contributed by atoms with Crippen molar-refractivity contribution in [3.63, 3.8) is 0 Å². The van der Waals surface area contributed by atoms with E-state index in [4.69, 9.17) is 9.47 Å². The first-order chi connectivity index (χ1) is 17.2. The SMILES string of the molecule is CCCCCCOc1ccc(-c2nc3sc(=Cc4ccc(OCCCCC)cc4)c(=O)n3n2)cc1. The summed E-state index contributed by atoms with van der Waals surface area (Å²) in [6, 6.07) is 15.5. The van der Waals surface area contributed by atoms with Gasteiger partial charge in [-0.05, 0) is 60.9 Å². The van der Waals surface area contributed by atoms with E-state index in [0.717, 1.165) is 48.7 Å². The van der Waals surface area contributed by atoms with E-state index in [-0.39, 0.29) is 5.56 Å². The average molecular weight is 492 g/mol. The van der Waals surface area contributed by atoms with Crippen LogP contribution in [0.1, 0.15) is 64.4 Å². The van der Waals surface area contributed by atoms with Gasteiger partial charge in [0.2, 0.25) is 4.96 Å². The molecular formula is C28H33N3O3S. The van der Waals surface area contributed by atoms with E-state index in [9.17, 15) is 4.79 Å². The van der Waals surface area contributed by atoms with Crippen molar-refractivity contribution in [1.29, 1.82) is 0 Å². The summed E-state index contributed by atoms with van der Waals surface area (Å²) in [6.07, 6.45) is 10.0. The highest BCUT2D eigenvalue weighted by atomic mass is 32.1. The number of unbranched alkanes of at least 4 members (excludes halogenated alkanes) is 5. The highest BCUT2D eigenvalue weighted by Crippen LogP contribution is 2.21. The van der Waals surface area contributed by atoms with Crippen LogP contribution >= 0.6 is 11.3 Å². The fourth-order valence-corrected chi connectivity index (χ4v) is 4.64. The monoisotopic (exact) mass is 491 g/mol. The second-order valence-corrected chi connectivity index (χ2v) is 9.61. The fourth-order valence-electron chi connectivity index (χ4n) is 3.73. The average Bonchev–Trinajstić information content (AvgIpc) is 3.42. The topological polar surface area (TPSA) is 65.7 Å². The molecule has 0 saturated heterocycles. The molecule has 2 aromatic carbocycles. The molecule has 0 radical (unpaired) electrons. The Labute approximate surface area is 210 Å². The van der Waals surface area contributed by atoms with Gasteiger partial charge in [0.15, 0.2) is 5.82 Å². The van der Waals surface area contributed by atoms with Crippen molar-refractivity contribution >= 4 is 22.4 Å². The number of hydrogen-bond acceptors (Lipinski definition) is 6. The number of aromatic nitrogens is 3. The van der Waals surface area contributed by atoms with E-state index in [1.165, 1.54) is 48.0 Å². The number of ether oxygens (including phenoxy) is 2. The summed E-state index contributed by atoms with van der Waals surface area (Å²) in [5.74, 6) is 2.23. The van der Waals surface area contributed by atoms with Gasteiger partial charge in [0, 0.05) is 5.56 Å². The van der Waals surface area contributed by atoms with Gasteiger partial charge in [-0.2, -0.15) is 9.50 Å². The molecule has 0 atom stereocenters. The van der Waals surface area contributed by atoms with Gasteiger partial charge in [-0.25, -0.2) is 0 Å². The van der Waals surface area contributed by atoms with Crippen LogP contribution in [0.2, 0.25) is 0 Å². The summed E-state index contributed by atoms with van der Waals surface area (Å²) in [7, 11) is 0. The van der Waals surface area contributed by atoms with Gasteiger partial charge in [-0.1, -0.05) is 69.4 Å². The summed E-state index contributed by atoms with van der Waals surface area (Å²) in [5, 5.41) is 4.46. The molecule has 0 aliphatic heterocycles. The maximum absolute atomic E-state index is 12.9. The van der Waals surface area contributed by atoms with Crippen LogP contribution < -0.4 is 19.6 Å². The number of hydrogen-bond donors (Lipinski definition) is 0. The van der Waals surface area contributed by atoms with Gasteiger partial charge < -0.3 is 9.47 Å². The molecule has 35 heavy (non-hydrogen) atoms. The lowest BCUT2D eigenvalue weighted by molar-refractivity contribution is 0.305. The Balaban J connectivity index is 1.42. The highest BCUT2D eigenvalue weighted by Gasteiger charge is 2.12. The van der Waals surface area contributed by atoms with Crippen molar-refractivity contribution in [3.8, 4) is 22.9 Å². The number of benzene rings is 2. The second-order valence-electron chi connectivity index (χ2n) is 8.60. The van der Waals surface area contributed by atoms with Crippen LogP contribution in [0.4, 0.5) is 0 Å². The third-order valence-electron chi connectivity index (χ3n) is 5.76. The molecule has 0 unspecified atom stereocenters.